The highest BCUT2D eigenvalue weighted by molar-refractivity contribution is 7.19. The van der Waals surface area contributed by atoms with Crippen LogP contribution in [0.3, 0.4) is 0 Å². The van der Waals surface area contributed by atoms with Gasteiger partial charge in [0.2, 0.25) is 0 Å². The van der Waals surface area contributed by atoms with Crippen LogP contribution < -0.4 is 5.32 Å². The first-order valence-electron chi connectivity index (χ1n) is 12.1. The molecule has 6 heteroatoms. The topological polar surface area (TPSA) is 50.3 Å². The van der Waals surface area contributed by atoms with Gasteiger partial charge in [-0.2, -0.15) is 0 Å². The number of thiophene rings is 1. The minimum absolute atomic E-state index is 0.143. The molecule has 0 saturated carbocycles. The number of nitrogens with zero attached hydrogens (tertiary/aromatic N) is 3. The summed E-state index contributed by atoms with van der Waals surface area (Å²) in [4.78, 5) is 15.2. The van der Waals surface area contributed by atoms with Crippen LogP contribution in [0.25, 0.3) is 21.0 Å². The molecule has 1 fully saturated rings. The molecule has 2 aliphatic rings. The van der Waals surface area contributed by atoms with Gasteiger partial charge in [-0.15, -0.1) is 11.3 Å². The van der Waals surface area contributed by atoms with Crippen LogP contribution in [0.5, 0.6) is 0 Å². The fourth-order valence-electron chi connectivity index (χ4n) is 5.25. The van der Waals surface area contributed by atoms with Crippen molar-refractivity contribution in [2.45, 2.75) is 45.2 Å². The number of aromatic nitrogens is 2. The Morgan fingerprint density at radius 3 is 2.76 bits per heavy atom. The Labute approximate surface area is 198 Å². The summed E-state index contributed by atoms with van der Waals surface area (Å²) in [5.41, 5.74) is 2.78. The van der Waals surface area contributed by atoms with Gasteiger partial charge in [0.1, 0.15) is 16.5 Å². The number of ether oxygens (including phenoxy) is 1. The third kappa shape index (κ3) is 4.12. The SMILES string of the molecule is C[C@@H](Nc1nc(CN2CCOCC2)nc2sc3c(c12)CCCC3)c1cccc2ccccc12. The quantitative estimate of drug-likeness (QED) is 0.414. The van der Waals surface area contributed by atoms with E-state index in [0.29, 0.717) is 0 Å². The molecule has 2 aromatic carbocycles. The minimum Gasteiger partial charge on any atom is -0.379 e. The standard InChI is InChI=1S/C27H30N4OS/c1-18(20-11-6-8-19-7-2-3-9-21(19)20)28-26-25-22-10-4-5-12-23(22)33-27(25)30-24(29-26)17-31-13-15-32-16-14-31/h2-3,6-9,11,18H,4-5,10,12-17H2,1H3,(H,28,29,30)/t18-/m1/s1. The zero-order chi connectivity index (χ0) is 22.2. The molecule has 5 nitrogen and oxygen atoms in total. The van der Waals surface area contributed by atoms with E-state index >= 15 is 0 Å². The van der Waals surface area contributed by atoms with Crippen LogP contribution >= 0.6 is 11.3 Å². The molecule has 1 saturated heterocycles. The van der Waals surface area contributed by atoms with Gasteiger partial charge < -0.3 is 10.1 Å². The fraction of sp³-hybridized carbons (Fsp3) is 0.407. The average molecular weight is 459 g/mol. The van der Waals surface area contributed by atoms with Crippen molar-refractivity contribution in [1.82, 2.24) is 14.9 Å². The normalized spacial score (nSPS) is 17.8. The lowest BCUT2D eigenvalue weighted by molar-refractivity contribution is 0.0331. The van der Waals surface area contributed by atoms with E-state index in [2.05, 4.69) is 59.6 Å². The number of rotatable bonds is 5. The number of anilines is 1. The molecular weight excluding hydrogens is 428 g/mol. The third-order valence-electron chi connectivity index (χ3n) is 6.97. The van der Waals surface area contributed by atoms with Gasteiger partial charge in [-0.05, 0) is 54.5 Å². The van der Waals surface area contributed by atoms with E-state index in [9.17, 15) is 0 Å². The predicted molar refractivity (Wildman–Crippen MR) is 136 cm³/mol. The van der Waals surface area contributed by atoms with Crippen molar-refractivity contribution in [1.29, 1.82) is 0 Å². The molecule has 33 heavy (non-hydrogen) atoms. The maximum atomic E-state index is 5.53. The molecule has 0 radical (unpaired) electrons. The van der Waals surface area contributed by atoms with Crippen LogP contribution in [0.4, 0.5) is 5.82 Å². The molecule has 3 heterocycles. The van der Waals surface area contributed by atoms with E-state index in [0.717, 1.165) is 55.7 Å². The molecular formula is C27H30N4OS. The van der Waals surface area contributed by atoms with Crippen molar-refractivity contribution < 1.29 is 4.74 Å². The van der Waals surface area contributed by atoms with Crippen molar-refractivity contribution in [3.63, 3.8) is 0 Å². The number of hydrogen-bond donors (Lipinski definition) is 1. The third-order valence-corrected chi connectivity index (χ3v) is 8.16. The monoisotopic (exact) mass is 458 g/mol. The largest absolute Gasteiger partial charge is 0.379 e. The van der Waals surface area contributed by atoms with Crippen LogP contribution in [0, 0.1) is 0 Å². The summed E-state index contributed by atoms with van der Waals surface area (Å²) in [7, 11) is 0. The Morgan fingerprint density at radius 1 is 1.03 bits per heavy atom. The van der Waals surface area contributed by atoms with E-state index in [-0.39, 0.29) is 6.04 Å². The van der Waals surface area contributed by atoms with Gasteiger partial charge in [0.25, 0.3) is 0 Å². The summed E-state index contributed by atoms with van der Waals surface area (Å²) in [6.45, 7) is 6.49. The zero-order valence-electron chi connectivity index (χ0n) is 19.1. The second-order valence-electron chi connectivity index (χ2n) is 9.20. The first-order valence-corrected chi connectivity index (χ1v) is 12.9. The highest BCUT2D eigenvalue weighted by Gasteiger charge is 2.23. The van der Waals surface area contributed by atoms with Crippen molar-refractivity contribution >= 4 is 38.1 Å². The second-order valence-corrected chi connectivity index (χ2v) is 10.3. The van der Waals surface area contributed by atoms with Crippen LogP contribution in [0.2, 0.25) is 0 Å². The molecule has 1 aliphatic heterocycles. The molecule has 0 unspecified atom stereocenters. The summed E-state index contributed by atoms with van der Waals surface area (Å²) in [6.07, 6.45) is 4.85. The smallest absolute Gasteiger partial charge is 0.146 e. The van der Waals surface area contributed by atoms with Crippen LogP contribution in [0.1, 0.15) is 47.6 Å². The second kappa shape index (κ2) is 9.01. The van der Waals surface area contributed by atoms with Gasteiger partial charge in [0.05, 0.1) is 31.2 Å². The summed E-state index contributed by atoms with van der Waals surface area (Å²) in [5.74, 6) is 1.92. The Morgan fingerprint density at radius 2 is 1.85 bits per heavy atom. The lowest BCUT2D eigenvalue weighted by atomic mass is 9.96. The first kappa shape index (κ1) is 21.0. The van der Waals surface area contributed by atoms with Crippen LogP contribution in [-0.2, 0) is 24.1 Å². The van der Waals surface area contributed by atoms with Crippen molar-refractivity contribution in [2.24, 2.45) is 0 Å². The Balaban J connectivity index is 1.40. The van der Waals surface area contributed by atoms with Gasteiger partial charge in [-0.1, -0.05) is 42.5 Å². The van der Waals surface area contributed by atoms with E-state index in [1.165, 1.54) is 51.4 Å². The highest BCUT2D eigenvalue weighted by atomic mass is 32.1. The molecule has 2 aromatic heterocycles. The molecule has 0 spiro atoms. The van der Waals surface area contributed by atoms with Crippen molar-refractivity contribution in [2.75, 3.05) is 31.6 Å². The summed E-state index contributed by atoms with van der Waals surface area (Å²) < 4.78 is 5.53. The summed E-state index contributed by atoms with van der Waals surface area (Å²) in [6, 6.07) is 15.3. The highest BCUT2D eigenvalue weighted by Crippen LogP contribution is 2.40. The van der Waals surface area contributed by atoms with Gasteiger partial charge in [-0.3, -0.25) is 4.90 Å². The Kier molecular flexibility index (Phi) is 5.74. The number of aryl methyl sites for hydroxylation is 2. The van der Waals surface area contributed by atoms with E-state index in [4.69, 9.17) is 14.7 Å². The molecule has 4 aromatic rings. The number of morpholine rings is 1. The van der Waals surface area contributed by atoms with Crippen LogP contribution in [0.15, 0.2) is 42.5 Å². The molecule has 6 rings (SSSR count). The Bertz CT molecular complexity index is 1290. The van der Waals surface area contributed by atoms with Gasteiger partial charge in [0, 0.05) is 18.0 Å². The first-order chi connectivity index (χ1) is 16.3. The molecule has 170 valence electrons. The Hall–Kier alpha value is -2.54. The van der Waals surface area contributed by atoms with Crippen molar-refractivity contribution in [3.8, 4) is 0 Å². The molecule has 0 bridgehead atoms. The minimum atomic E-state index is 0.143. The molecule has 0 amide bonds. The molecule has 1 atom stereocenters. The number of nitrogens with one attached hydrogen (secondary N) is 1. The summed E-state index contributed by atoms with van der Waals surface area (Å²) >= 11 is 1.88. The van der Waals surface area contributed by atoms with Gasteiger partial charge in [0.15, 0.2) is 0 Å². The maximum Gasteiger partial charge on any atom is 0.146 e. The average Bonchev–Trinajstić information content (AvgIpc) is 3.23. The number of fused-ring (bicyclic) bond motifs is 4. The number of hydrogen-bond acceptors (Lipinski definition) is 6. The van der Waals surface area contributed by atoms with Crippen LogP contribution in [-0.4, -0.2) is 41.2 Å². The van der Waals surface area contributed by atoms with E-state index in [1.54, 1.807) is 0 Å². The van der Waals surface area contributed by atoms with Crippen molar-refractivity contribution in [3.05, 3.63) is 64.3 Å². The molecule has 1 N–H and O–H groups in total. The fourth-order valence-corrected chi connectivity index (χ4v) is 6.53. The molecule has 1 aliphatic carbocycles. The van der Waals surface area contributed by atoms with Gasteiger partial charge >= 0.3 is 0 Å². The summed E-state index contributed by atoms with van der Waals surface area (Å²) in [5, 5.41) is 7.65. The van der Waals surface area contributed by atoms with Gasteiger partial charge in [-0.25, -0.2) is 9.97 Å². The lowest BCUT2D eigenvalue weighted by Gasteiger charge is -2.26. The zero-order valence-corrected chi connectivity index (χ0v) is 20.0. The van der Waals surface area contributed by atoms with E-state index < -0.39 is 0 Å². The predicted octanol–water partition coefficient (Wildman–Crippen LogP) is 5.73. The number of benzene rings is 2. The maximum absolute atomic E-state index is 5.53. The lowest BCUT2D eigenvalue weighted by Crippen LogP contribution is -2.36. The van der Waals surface area contributed by atoms with E-state index in [1.807, 2.05) is 11.3 Å².